The predicted octanol–water partition coefficient (Wildman–Crippen LogP) is 3.94. The van der Waals surface area contributed by atoms with Gasteiger partial charge in [-0.15, -0.1) is 0 Å². The summed E-state index contributed by atoms with van der Waals surface area (Å²) in [5.41, 5.74) is 0.478. The van der Waals surface area contributed by atoms with Crippen molar-refractivity contribution in [2.75, 3.05) is 20.3 Å². The fourth-order valence-corrected chi connectivity index (χ4v) is 8.81. The highest BCUT2D eigenvalue weighted by molar-refractivity contribution is 5.89. The summed E-state index contributed by atoms with van der Waals surface area (Å²) >= 11 is 0. The SMILES string of the molecule is COC[C@]12CC[C@H](C)C[C@@H]1CC[C@H]1C3CC[C@H](C(=O)CN(N)/C(C)=N\N)[C@@]3(C)CC[C@@H]12. The number of nitrogens with two attached hydrogens (primary N) is 2. The molecule has 0 radical (unpaired) electrons. The third-order valence-electron chi connectivity index (χ3n) is 10.4. The van der Waals surface area contributed by atoms with Crippen molar-refractivity contribution < 1.29 is 9.53 Å². The maximum Gasteiger partial charge on any atom is 0.157 e. The maximum absolute atomic E-state index is 13.3. The van der Waals surface area contributed by atoms with E-state index in [9.17, 15) is 4.79 Å². The lowest BCUT2D eigenvalue weighted by atomic mass is 9.44. The topological polar surface area (TPSA) is 93.9 Å². The zero-order valence-corrected chi connectivity index (χ0v) is 20.1. The zero-order chi connectivity index (χ0) is 22.4. The molecule has 0 aromatic carbocycles. The summed E-state index contributed by atoms with van der Waals surface area (Å²) in [6, 6.07) is 0. The number of ether oxygens (including phenoxy) is 1. The van der Waals surface area contributed by atoms with Crippen LogP contribution < -0.4 is 11.7 Å². The fraction of sp³-hybridized carbons (Fsp3) is 0.920. The van der Waals surface area contributed by atoms with E-state index in [1.807, 2.05) is 7.11 Å². The summed E-state index contributed by atoms with van der Waals surface area (Å²) in [5.74, 6) is 16.1. The number of rotatable bonds is 5. The Morgan fingerprint density at radius 3 is 2.61 bits per heavy atom. The van der Waals surface area contributed by atoms with Crippen molar-refractivity contribution in [2.45, 2.75) is 78.6 Å². The molecule has 0 aliphatic heterocycles. The molecule has 1 unspecified atom stereocenters. The Hall–Kier alpha value is -1.14. The lowest BCUT2D eigenvalue weighted by molar-refractivity contribution is -0.154. The Bertz CT molecular complexity index is 712. The van der Waals surface area contributed by atoms with Crippen molar-refractivity contribution in [3.8, 4) is 0 Å². The van der Waals surface area contributed by atoms with Crippen LogP contribution in [0, 0.1) is 46.3 Å². The standard InChI is InChI=1S/C25H44N4O2/c1-16-9-12-25(15-31-4)18(13-16)5-6-19-20-7-8-22(24(20,3)11-10-21(19)25)23(30)14-29(27)17(2)28-26/h16,18-22H,5-15,26-27H2,1-4H3/b28-17-/t16-,18-,19-,20?,21-,22+,24-,25+/m0/s1. The first-order valence-corrected chi connectivity index (χ1v) is 12.5. The minimum atomic E-state index is 0.107. The number of amidine groups is 1. The highest BCUT2D eigenvalue weighted by Gasteiger charge is 2.62. The number of Topliss-reactive ketones (excluding diaryl/α,β-unsaturated/α-hetero) is 1. The average Bonchev–Trinajstić information content (AvgIpc) is 3.10. The van der Waals surface area contributed by atoms with E-state index in [1.165, 1.54) is 50.0 Å². The van der Waals surface area contributed by atoms with E-state index in [1.54, 1.807) is 6.92 Å². The van der Waals surface area contributed by atoms with E-state index in [-0.39, 0.29) is 23.7 Å². The molecule has 4 aliphatic carbocycles. The van der Waals surface area contributed by atoms with Crippen LogP contribution in [-0.2, 0) is 9.53 Å². The zero-order valence-electron chi connectivity index (χ0n) is 20.1. The summed E-state index contributed by atoms with van der Waals surface area (Å²) in [5, 5.41) is 5.05. The summed E-state index contributed by atoms with van der Waals surface area (Å²) < 4.78 is 5.90. The van der Waals surface area contributed by atoms with E-state index in [0.29, 0.717) is 17.2 Å². The van der Waals surface area contributed by atoms with Crippen LogP contribution in [0.2, 0.25) is 0 Å². The molecule has 0 saturated heterocycles. The second-order valence-corrected chi connectivity index (χ2v) is 11.6. The van der Waals surface area contributed by atoms with Crippen molar-refractivity contribution >= 4 is 11.6 Å². The van der Waals surface area contributed by atoms with Crippen LogP contribution in [0.3, 0.4) is 0 Å². The van der Waals surface area contributed by atoms with Gasteiger partial charge in [0.05, 0.1) is 13.2 Å². The Balaban J connectivity index is 1.54. The maximum atomic E-state index is 13.3. The van der Waals surface area contributed by atoms with Gasteiger partial charge in [-0.05, 0) is 98.7 Å². The summed E-state index contributed by atoms with van der Waals surface area (Å²) in [6.07, 6.45) is 11.4. The van der Waals surface area contributed by atoms with Gasteiger partial charge in [0.1, 0.15) is 5.84 Å². The van der Waals surface area contributed by atoms with Crippen molar-refractivity contribution in [1.82, 2.24) is 5.01 Å². The smallest absolute Gasteiger partial charge is 0.157 e. The van der Waals surface area contributed by atoms with Gasteiger partial charge < -0.3 is 10.6 Å². The van der Waals surface area contributed by atoms with Gasteiger partial charge in [0.2, 0.25) is 0 Å². The van der Waals surface area contributed by atoms with Crippen LogP contribution in [0.4, 0.5) is 0 Å². The van der Waals surface area contributed by atoms with Gasteiger partial charge in [-0.1, -0.05) is 20.3 Å². The van der Waals surface area contributed by atoms with Crippen molar-refractivity contribution in [1.29, 1.82) is 0 Å². The van der Waals surface area contributed by atoms with Crippen LogP contribution >= 0.6 is 0 Å². The van der Waals surface area contributed by atoms with Gasteiger partial charge in [-0.3, -0.25) is 9.80 Å². The first-order chi connectivity index (χ1) is 14.8. The molecule has 6 heteroatoms. The molecular weight excluding hydrogens is 388 g/mol. The van der Waals surface area contributed by atoms with E-state index in [2.05, 4.69) is 18.9 Å². The third-order valence-corrected chi connectivity index (χ3v) is 10.4. The fourth-order valence-electron chi connectivity index (χ4n) is 8.81. The van der Waals surface area contributed by atoms with Crippen LogP contribution in [-0.4, -0.2) is 36.9 Å². The molecule has 0 amide bonds. The van der Waals surface area contributed by atoms with Gasteiger partial charge in [-0.25, -0.2) is 5.84 Å². The quantitative estimate of drug-likeness (QED) is 0.297. The Morgan fingerprint density at radius 1 is 1.13 bits per heavy atom. The average molecular weight is 433 g/mol. The van der Waals surface area contributed by atoms with Gasteiger partial charge >= 0.3 is 0 Å². The van der Waals surface area contributed by atoms with Gasteiger partial charge in [0.15, 0.2) is 5.78 Å². The number of carbonyl (C=O) groups excluding carboxylic acids is 1. The molecule has 0 aromatic heterocycles. The highest BCUT2D eigenvalue weighted by atomic mass is 16.5. The van der Waals surface area contributed by atoms with Crippen molar-refractivity contribution in [3.63, 3.8) is 0 Å². The molecule has 8 atom stereocenters. The van der Waals surface area contributed by atoms with Crippen LogP contribution in [0.15, 0.2) is 5.10 Å². The first kappa shape index (κ1) is 23.0. The molecule has 4 N–H and O–H groups in total. The number of fused-ring (bicyclic) bond motifs is 5. The lowest BCUT2D eigenvalue weighted by Gasteiger charge is -2.62. The van der Waals surface area contributed by atoms with Gasteiger partial charge in [0.25, 0.3) is 0 Å². The molecular formula is C25H44N4O2. The van der Waals surface area contributed by atoms with Gasteiger partial charge in [-0.2, -0.15) is 5.10 Å². The lowest BCUT2D eigenvalue weighted by Crippen LogP contribution is -2.56. The monoisotopic (exact) mass is 432 g/mol. The third kappa shape index (κ3) is 3.72. The Morgan fingerprint density at radius 2 is 1.90 bits per heavy atom. The molecule has 0 bridgehead atoms. The number of hydrazine groups is 1. The Kier molecular flexibility index (Phi) is 6.43. The predicted molar refractivity (Wildman–Crippen MR) is 124 cm³/mol. The summed E-state index contributed by atoms with van der Waals surface area (Å²) in [4.78, 5) is 13.3. The van der Waals surface area contributed by atoms with Crippen molar-refractivity contribution in [3.05, 3.63) is 0 Å². The molecule has 4 rings (SSSR count). The van der Waals surface area contributed by atoms with E-state index >= 15 is 0 Å². The number of hydrogen-bond acceptors (Lipinski definition) is 5. The number of nitrogens with zero attached hydrogens (tertiary/aromatic N) is 2. The molecule has 6 nitrogen and oxygen atoms in total. The molecule has 0 aromatic rings. The van der Waals surface area contributed by atoms with Crippen molar-refractivity contribution in [2.24, 2.45) is 63.1 Å². The summed E-state index contributed by atoms with van der Waals surface area (Å²) in [7, 11) is 1.90. The number of ketones is 1. The number of hydrogen-bond donors (Lipinski definition) is 2. The number of methoxy groups -OCH3 is 1. The van der Waals surface area contributed by atoms with Crippen LogP contribution in [0.1, 0.15) is 78.6 Å². The normalized spacial score (nSPS) is 44.9. The second kappa shape index (κ2) is 8.66. The minimum Gasteiger partial charge on any atom is -0.384 e. The summed E-state index contributed by atoms with van der Waals surface area (Å²) in [6.45, 7) is 7.73. The molecule has 0 spiro atoms. The van der Waals surface area contributed by atoms with E-state index in [0.717, 1.165) is 43.1 Å². The number of carbonyl (C=O) groups is 1. The molecule has 31 heavy (non-hydrogen) atoms. The molecule has 4 aliphatic rings. The first-order valence-electron chi connectivity index (χ1n) is 12.5. The largest absolute Gasteiger partial charge is 0.384 e. The van der Waals surface area contributed by atoms with Crippen LogP contribution in [0.25, 0.3) is 0 Å². The van der Waals surface area contributed by atoms with Crippen LogP contribution in [0.5, 0.6) is 0 Å². The molecule has 4 fully saturated rings. The van der Waals surface area contributed by atoms with E-state index in [4.69, 9.17) is 16.4 Å². The minimum absolute atomic E-state index is 0.107. The molecule has 4 saturated carbocycles. The highest BCUT2D eigenvalue weighted by Crippen LogP contribution is 2.68. The van der Waals surface area contributed by atoms with Gasteiger partial charge in [0, 0.05) is 13.0 Å². The number of hydrazone groups is 1. The Labute approximate surface area is 188 Å². The van der Waals surface area contributed by atoms with E-state index < -0.39 is 0 Å². The molecule has 0 heterocycles. The molecule has 176 valence electrons. The second-order valence-electron chi connectivity index (χ2n) is 11.6.